The number of aromatic hydroxyl groups is 1. The summed E-state index contributed by atoms with van der Waals surface area (Å²) in [5.74, 6) is 0.148. The number of rotatable bonds is 1. The molecule has 1 N–H and O–H groups in total. The number of phenolic OH excluding ortho intramolecular Hbond substituents is 1. The molecule has 0 amide bonds. The fraction of sp³-hybridized carbons (Fsp3) is 0. The zero-order valence-electron chi connectivity index (χ0n) is 6.52. The van der Waals surface area contributed by atoms with Crippen LogP contribution in [0.2, 0.25) is 0 Å². The lowest BCUT2D eigenvalue weighted by Crippen LogP contribution is -1.75. The van der Waals surface area contributed by atoms with Crippen molar-refractivity contribution in [2.45, 2.75) is 4.90 Å². The molecule has 0 unspecified atom stereocenters. The molecule has 1 heterocycles. The maximum atomic E-state index is 10.6. The molecule has 2 nitrogen and oxygen atoms in total. The van der Waals surface area contributed by atoms with Crippen LogP contribution in [-0.4, -0.2) is 11.4 Å². The Hall–Kier alpha value is -1.00. The third-order valence-corrected chi connectivity index (χ3v) is 3.49. The molecule has 2 aromatic rings. The number of thiophene rings is 1. The SMILES string of the molecule is O=Cc1csc2c(S)c(O)ccc12. The van der Waals surface area contributed by atoms with Crippen LogP contribution in [0.3, 0.4) is 0 Å². The van der Waals surface area contributed by atoms with Gasteiger partial charge in [0.25, 0.3) is 0 Å². The van der Waals surface area contributed by atoms with E-state index in [-0.39, 0.29) is 5.75 Å². The van der Waals surface area contributed by atoms with Crippen molar-refractivity contribution in [3.8, 4) is 5.75 Å². The van der Waals surface area contributed by atoms with Gasteiger partial charge < -0.3 is 5.11 Å². The molecule has 0 fully saturated rings. The highest BCUT2D eigenvalue weighted by Crippen LogP contribution is 2.35. The van der Waals surface area contributed by atoms with E-state index in [4.69, 9.17) is 0 Å². The molecule has 1 aromatic carbocycles. The molecule has 0 aliphatic rings. The van der Waals surface area contributed by atoms with Gasteiger partial charge in [0.15, 0.2) is 6.29 Å². The van der Waals surface area contributed by atoms with Crippen LogP contribution in [0, 0.1) is 0 Å². The maximum absolute atomic E-state index is 10.6. The molecule has 13 heavy (non-hydrogen) atoms. The number of fused-ring (bicyclic) bond motifs is 1. The summed E-state index contributed by atoms with van der Waals surface area (Å²) in [5, 5.41) is 12.0. The van der Waals surface area contributed by atoms with Crippen LogP contribution in [0.25, 0.3) is 10.1 Å². The summed E-state index contributed by atoms with van der Waals surface area (Å²) in [6.45, 7) is 0. The highest BCUT2D eigenvalue weighted by atomic mass is 32.1. The number of thiol groups is 1. The van der Waals surface area contributed by atoms with E-state index in [0.717, 1.165) is 16.4 Å². The first kappa shape index (κ1) is 8.59. The number of phenols is 1. The first-order chi connectivity index (χ1) is 6.24. The van der Waals surface area contributed by atoms with Crippen molar-refractivity contribution in [3.05, 3.63) is 23.1 Å². The topological polar surface area (TPSA) is 37.3 Å². The molecule has 66 valence electrons. The highest BCUT2D eigenvalue weighted by Gasteiger charge is 2.08. The van der Waals surface area contributed by atoms with Gasteiger partial charge in [-0.1, -0.05) is 0 Å². The van der Waals surface area contributed by atoms with Gasteiger partial charge in [-0.05, 0) is 12.1 Å². The van der Waals surface area contributed by atoms with Gasteiger partial charge >= 0.3 is 0 Å². The van der Waals surface area contributed by atoms with Crippen LogP contribution in [0.4, 0.5) is 0 Å². The van der Waals surface area contributed by atoms with E-state index in [9.17, 15) is 9.90 Å². The van der Waals surface area contributed by atoms with Gasteiger partial charge in [0, 0.05) is 16.3 Å². The molecule has 4 heteroatoms. The Kier molecular flexibility index (Phi) is 2.01. The molecule has 1 aromatic heterocycles. The normalized spacial score (nSPS) is 10.5. The average Bonchev–Trinajstić information content (AvgIpc) is 2.55. The van der Waals surface area contributed by atoms with Gasteiger partial charge in [-0.2, -0.15) is 0 Å². The monoisotopic (exact) mass is 210 g/mol. The quantitative estimate of drug-likeness (QED) is 0.561. The van der Waals surface area contributed by atoms with Crippen LogP contribution >= 0.6 is 24.0 Å². The summed E-state index contributed by atoms with van der Waals surface area (Å²) in [6.07, 6.45) is 0.809. The molecular formula is C9H6O2S2. The third-order valence-electron chi connectivity index (χ3n) is 1.85. The van der Waals surface area contributed by atoms with E-state index >= 15 is 0 Å². The standard InChI is InChI=1S/C9H6O2S2/c10-3-5-4-13-9-6(5)1-2-7(11)8(9)12/h1-4,11-12H. The summed E-state index contributed by atoms with van der Waals surface area (Å²) in [7, 11) is 0. The van der Waals surface area contributed by atoms with E-state index in [0.29, 0.717) is 10.5 Å². The molecule has 2 rings (SSSR count). The third kappa shape index (κ3) is 1.22. The second-order valence-electron chi connectivity index (χ2n) is 2.62. The molecule has 0 saturated heterocycles. The summed E-state index contributed by atoms with van der Waals surface area (Å²) >= 11 is 5.57. The predicted octanol–water partition coefficient (Wildman–Crippen LogP) is 2.71. The van der Waals surface area contributed by atoms with E-state index in [2.05, 4.69) is 12.6 Å². The Balaban J connectivity index is 2.88. The zero-order valence-corrected chi connectivity index (χ0v) is 8.23. The van der Waals surface area contributed by atoms with Crippen molar-refractivity contribution in [1.29, 1.82) is 0 Å². The molecule has 0 aliphatic carbocycles. The molecule has 0 aliphatic heterocycles. The van der Waals surface area contributed by atoms with Crippen LogP contribution < -0.4 is 0 Å². The van der Waals surface area contributed by atoms with Gasteiger partial charge in [-0.3, -0.25) is 4.79 Å². The summed E-state index contributed by atoms with van der Waals surface area (Å²) in [4.78, 5) is 11.1. The van der Waals surface area contributed by atoms with Crippen molar-refractivity contribution in [2.24, 2.45) is 0 Å². The first-order valence-electron chi connectivity index (χ1n) is 3.61. The Labute approximate surface area is 84.2 Å². The maximum Gasteiger partial charge on any atom is 0.151 e. The van der Waals surface area contributed by atoms with E-state index in [1.807, 2.05) is 0 Å². The lowest BCUT2D eigenvalue weighted by atomic mass is 10.2. The van der Waals surface area contributed by atoms with Crippen molar-refractivity contribution >= 4 is 40.3 Å². The van der Waals surface area contributed by atoms with Gasteiger partial charge in [0.1, 0.15) is 5.75 Å². The second-order valence-corrected chi connectivity index (χ2v) is 3.95. The van der Waals surface area contributed by atoms with Crippen molar-refractivity contribution in [1.82, 2.24) is 0 Å². The predicted molar refractivity (Wildman–Crippen MR) is 56.1 cm³/mol. The molecule has 0 radical (unpaired) electrons. The fourth-order valence-electron chi connectivity index (χ4n) is 1.18. The van der Waals surface area contributed by atoms with Crippen LogP contribution in [-0.2, 0) is 0 Å². The van der Waals surface area contributed by atoms with Crippen LogP contribution in [0.15, 0.2) is 22.4 Å². The number of benzene rings is 1. The molecule has 0 spiro atoms. The first-order valence-corrected chi connectivity index (χ1v) is 4.94. The molecule has 0 bridgehead atoms. The van der Waals surface area contributed by atoms with E-state index in [1.54, 1.807) is 17.5 Å². The zero-order chi connectivity index (χ0) is 9.42. The van der Waals surface area contributed by atoms with Crippen LogP contribution in [0.1, 0.15) is 10.4 Å². The number of aldehydes is 1. The Morgan fingerprint density at radius 1 is 1.46 bits per heavy atom. The Morgan fingerprint density at radius 3 is 2.92 bits per heavy atom. The molecule has 0 atom stereocenters. The minimum absolute atomic E-state index is 0.148. The second kappa shape index (κ2) is 3.05. The average molecular weight is 210 g/mol. The van der Waals surface area contributed by atoms with Gasteiger partial charge in [-0.25, -0.2) is 0 Å². The largest absolute Gasteiger partial charge is 0.507 e. The minimum atomic E-state index is 0.148. The highest BCUT2D eigenvalue weighted by molar-refractivity contribution is 7.80. The lowest BCUT2D eigenvalue weighted by Gasteiger charge is -1.98. The van der Waals surface area contributed by atoms with Gasteiger partial charge in [-0.15, -0.1) is 24.0 Å². The number of hydrogen-bond acceptors (Lipinski definition) is 4. The fourth-order valence-corrected chi connectivity index (χ4v) is 2.49. The van der Waals surface area contributed by atoms with Crippen molar-refractivity contribution in [2.75, 3.05) is 0 Å². The Morgan fingerprint density at radius 2 is 2.23 bits per heavy atom. The lowest BCUT2D eigenvalue weighted by molar-refractivity contribution is 0.112. The van der Waals surface area contributed by atoms with Gasteiger partial charge in [0.2, 0.25) is 0 Å². The summed E-state index contributed by atoms with van der Waals surface area (Å²) < 4.78 is 0.852. The molecule has 0 saturated carbocycles. The summed E-state index contributed by atoms with van der Waals surface area (Å²) in [5.41, 5.74) is 0.648. The van der Waals surface area contributed by atoms with Gasteiger partial charge in [0.05, 0.1) is 9.60 Å². The Bertz CT molecular complexity index is 474. The number of carbonyl (C=O) groups is 1. The van der Waals surface area contributed by atoms with E-state index < -0.39 is 0 Å². The number of hydrogen-bond donors (Lipinski definition) is 2. The van der Waals surface area contributed by atoms with Crippen molar-refractivity contribution in [3.63, 3.8) is 0 Å². The van der Waals surface area contributed by atoms with E-state index in [1.165, 1.54) is 11.3 Å². The smallest absolute Gasteiger partial charge is 0.151 e. The number of carbonyl (C=O) groups excluding carboxylic acids is 1. The summed E-state index contributed by atoms with van der Waals surface area (Å²) in [6, 6.07) is 3.27. The molecular weight excluding hydrogens is 204 g/mol. The minimum Gasteiger partial charge on any atom is -0.507 e. The van der Waals surface area contributed by atoms with Crippen LogP contribution in [0.5, 0.6) is 5.75 Å². The van der Waals surface area contributed by atoms with Crippen molar-refractivity contribution < 1.29 is 9.90 Å².